The molecule has 1 atom stereocenters. The Hall–Kier alpha value is -1.68. The van der Waals surface area contributed by atoms with Crippen LogP contribution < -0.4 is 5.73 Å². The molecule has 1 unspecified atom stereocenters. The van der Waals surface area contributed by atoms with E-state index in [2.05, 4.69) is 9.97 Å². The third-order valence-corrected chi connectivity index (χ3v) is 2.77. The fraction of sp³-hybridized carbons (Fsp3) is 0.333. The molecule has 0 spiro atoms. The van der Waals surface area contributed by atoms with Crippen LogP contribution in [0.4, 0.5) is 0 Å². The Morgan fingerprint density at radius 2 is 2.00 bits per heavy atom. The molecule has 0 aliphatic rings. The zero-order chi connectivity index (χ0) is 11.7. The molecule has 2 rings (SSSR count). The highest BCUT2D eigenvalue weighted by Gasteiger charge is 2.05. The van der Waals surface area contributed by atoms with Crippen molar-refractivity contribution >= 4 is 0 Å². The second kappa shape index (κ2) is 4.06. The molecule has 0 saturated carbocycles. The first-order chi connectivity index (χ1) is 7.59. The van der Waals surface area contributed by atoms with E-state index in [4.69, 9.17) is 5.73 Å². The van der Waals surface area contributed by atoms with Crippen molar-refractivity contribution in [1.29, 1.82) is 0 Å². The zero-order valence-corrected chi connectivity index (χ0v) is 9.81. The van der Waals surface area contributed by atoms with E-state index >= 15 is 0 Å². The van der Waals surface area contributed by atoms with Gasteiger partial charge < -0.3 is 10.3 Å². The molecule has 0 saturated heterocycles. The van der Waals surface area contributed by atoms with Crippen LogP contribution in [-0.2, 0) is 0 Å². The van der Waals surface area contributed by atoms with Crippen molar-refractivity contribution in [2.24, 2.45) is 5.73 Å². The number of nitrogens with zero attached hydrogens (tertiary/aromatic N) is 3. The van der Waals surface area contributed by atoms with E-state index in [1.165, 1.54) is 0 Å². The summed E-state index contributed by atoms with van der Waals surface area (Å²) in [7, 11) is 0. The van der Waals surface area contributed by atoms with Gasteiger partial charge in [-0.15, -0.1) is 0 Å². The van der Waals surface area contributed by atoms with Gasteiger partial charge in [-0.2, -0.15) is 0 Å². The van der Waals surface area contributed by atoms with Crippen LogP contribution in [0.25, 0.3) is 5.69 Å². The number of nitrogens with two attached hydrogens (primary N) is 1. The van der Waals surface area contributed by atoms with Crippen molar-refractivity contribution < 1.29 is 0 Å². The van der Waals surface area contributed by atoms with Gasteiger partial charge in [-0.25, -0.2) is 4.98 Å². The topological polar surface area (TPSA) is 56.7 Å². The number of hydrogen-bond acceptors (Lipinski definition) is 3. The van der Waals surface area contributed by atoms with Gasteiger partial charge in [0.15, 0.2) is 0 Å². The maximum absolute atomic E-state index is 5.75. The van der Waals surface area contributed by atoms with Gasteiger partial charge >= 0.3 is 0 Å². The summed E-state index contributed by atoms with van der Waals surface area (Å²) < 4.78 is 2.02. The first-order valence-electron chi connectivity index (χ1n) is 5.32. The molecule has 84 valence electrons. The number of pyridine rings is 1. The van der Waals surface area contributed by atoms with Gasteiger partial charge in [0.1, 0.15) is 0 Å². The molecule has 0 bridgehead atoms. The third-order valence-electron chi connectivity index (χ3n) is 2.77. The number of aromatic nitrogens is 3. The molecule has 0 aliphatic heterocycles. The SMILES string of the molecule is Cc1ncn(-c2ccc(C(C)N)nc2)c1C. The lowest BCUT2D eigenvalue weighted by molar-refractivity contribution is 0.778. The molecule has 2 aromatic heterocycles. The number of imidazole rings is 1. The molecule has 4 nitrogen and oxygen atoms in total. The Balaban J connectivity index is 2.38. The summed E-state index contributed by atoms with van der Waals surface area (Å²) in [6.45, 7) is 5.96. The standard InChI is InChI=1S/C12H16N4/c1-8(13)12-5-4-11(6-14-12)16-7-15-9(2)10(16)3/h4-8H,13H2,1-3H3. The summed E-state index contributed by atoms with van der Waals surface area (Å²) in [6.07, 6.45) is 3.64. The maximum Gasteiger partial charge on any atom is 0.0997 e. The lowest BCUT2D eigenvalue weighted by Crippen LogP contribution is -2.07. The summed E-state index contributed by atoms with van der Waals surface area (Å²) >= 11 is 0. The van der Waals surface area contributed by atoms with Crippen molar-refractivity contribution in [2.45, 2.75) is 26.8 Å². The lowest BCUT2D eigenvalue weighted by Gasteiger charge is -2.08. The fourth-order valence-electron chi connectivity index (χ4n) is 1.57. The molecule has 0 amide bonds. The fourth-order valence-corrected chi connectivity index (χ4v) is 1.57. The summed E-state index contributed by atoms with van der Waals surface area (Å²) in [4.78, 5) is 8.59. The molecule has 0 aliphatic carbocycles. The molecule has 0 radical (unpaired) electrons. The van der Waals surface area contributed by atoms with Crippen molar-refractivity contribution in [3.05, 3.63) is 41.7 Å². The van der Waals surface area contributed by atoms with E-state index in [0.29, 0.717) is 0 Å². The Morgan fingerprint density at radius 3 is 2.44 bits per heavy atom. The predicted molar refractivity (Wildman–Crippen MR) is 63.4 cm³/mol. The maximum atomic E-state index is 5.75. The van der Waals surface area contributed by atoms with Crippen LogP contribution in [0.2, 0.25) is 0 Å². The van der Waals surface area contributed by atoms with E-state index in [1.807, 2.05) is 50.0 Å². The van der Waals surface area contributed by atoms with Gasteiger partial charge in [-0.05, 0) is 32.9 Å². The van der Waals surface area contributed by atoms with Crippen LogP contribution in [0.3, 0.4) is 0 Å². The first kappa shape index (κ1) is 10.8. The summed E-state index contributed by atoms with van der Waals surface area (Å²) in [5.74, 6) is 0. The average Bonchev–Trinajstić information content (AvgIpc) is 2.60. The van der Waals surface area contributed by atoms with Crippen LogP contribution >= 0.6 is 0 Å². The second-order valence-electron chi connectivity index (χ2n) is 4.02. The summed E-state index contributed by atoms with van der Waals surface area (Å²) in [5.41, 5.74) is 9.84. The normalized spacial score (nSPS) is 12.8. The minimum atomic E-state index is -0.0281. The predicted octanol–water partition coefficient (Wildman–Crippen LogP) is 1.90. The summed E-state index contributed by atoms with van der Waals surface area (Å²) in [5, 5.41) is 0. The highest BCUT2D eigenvalue weighted by molar-refractivity contribution is 5.33. The number of aryl methyl sites for hydroxylation is 1. The largest absolute Gasteiger partial charge is 0.323 e. The Morgan fingerprint density at radius 1 is 1.25 bits per heavy atom. The van der Waals surface area contributed by atoms with Gasteiger partial charge in [0, 0.05) is 11.7 Å². The number of hydrogen-bond donors (Lipinski definition) is 1. The highest BCUT2D eigenvalue weighted by Crippen LogP contribution is 2.14. The first-order valence-corrected chi connectivity index (χ1v) is 5.32. The van der Waals surface area contributed by atoms with Gasteiger partial charge in [0.25, 0.3) is 0 Å². The average molecular weight is 216 g/mol. The zero-order valence-electron chi connectivity index (χ0n) is 9.81. The molecule has 0 aromatic carbocycles. The van der Waals surface area contributed by atoms with E-state index in [-0.39, 0.29) is 6.04 Å². The molecule has 2 N–H and O–H groups in total. The van der Waals surface area contributed by atoms with Gasteiger partial charge in [-0.1, -0.05) is 0 Å². The molecule has 2 heterocycles. The van der Waals surface area contributed by atoms with Gasteiger partial charge in [0.2, 0.25) is 0 Å². The van der Waals surface area contributed by atoms with Crippen molar-refractivity contribution in [1.82, 2.24) is 14.5 Å². The monoisotopic (exact) mass is 216 g/mol. The third kappa shape index (κ3) is 1.84. The molecular formula is C12H16N4. The van der Waals surface area contributed by atoms with Crippen LogP contribution in [0.1, 0.15) is 30.0 Å². The summed E-state index contributed by atoms with van der Waals surface area (Å²) in [6, 6.07) is 3.94. The minimum Gasteiger partial charge on any atom is -0.323 e. The molecule has 0 fully saturated rings. The van der Waals surface area contributed by atoms with E-state index < -0.39 is 0 Å². The minimum absolute atomic E-state index is 0.0281. The van der Waals surface area contributed by atoms with Crippen molar-refractivity contribution in [3.8, 4) is 5.69 Å². The highest BCUT2D eigenvalue weighted by atomic mass is 15.1. The molecule has 16 heavy (non-hydrogen) atoms. The Labute approximate surface area is 95.1 Å². The molecular weight excluding hydrogens is 200 g/mol. The van der Waals surface area contributed by atoms with E-state index in [0.717, 1.165) is 22.8 Å². The van der Waals surface area contributed by atoms with Crippen molar-refractivity contribution in [3.63, 3.8) is 0 Å². The van der Waals surface area contributed by atoms with Crippen LogP contribution in [0.15, 0.2) is 24.7 Å². The Bertz CT molecular complexity index is 482. The van der Waals surface area contributed by atoms with Crippen LogP contribution in [-0.4, -0.2) is 14.5 Å². The quantitative estimate of drug-likeness (QED) is 0.834. The molecule has 4 heteroatoms. The lowest BCUT2D eigenvalue weighted by atomic mass is 10.2. The van der Waals surface area contributed by atoms with E-state index in [1.54, 1.807) is 0 Å². The smallest absolute Gasteiger partial charge is 0.0997 e. The Kier molecular flexibility index (Phi) is 2.75. The van der Waals surface area contributed by atoms with E-state index in [9.17, 15) is 0 Å². The molecule has 2 aromatic rings. The van der Waals surface area contributed by atoms with Crippen LogP contribution in [0.5, 0.6) is 0 Å². The van der Waals surface area contributed by atoms with Gasteiger partial charge in [0.05, 0.1) is 29.6 Å². The number of rotatable bonds is 2. The van der Waals surface area contributed by atoms with Crippen LogP contribution in [0, 0.1) is 13.8 Å². The second-order valence-corrected chi connectivity index (χ2v) is 4.02. The van der Waals surface area contributed by atoms with Crippen molar-refractivity contribution in [2.75, 3.05) is 0 Å². The van der Waals surface area contributed by atoms with Gasteiger partial charge in [-0.3, -0.25) is 4.98 Å².